The fourth-order valence-electron chi connectivity index (χ4n) is 4.85. The first kappa shape index (κ1) is 24.2. The molecule has 1 amide bonds. The Balaban J connectivity index is 1.64. The van der Waals surface area contributed by atoms with Gasteiger partial charge in [-0.05, 0) is 62.4 Å². The van der Waals surface area contributed by atoms with Gasteiger partial charge in [0.2, 0.25) is 0 Å². The number of amides is 1. The zero-order valence-corrected chi connectivity index (χ0v) is 20.8. The smallest absolute Gasteiger partial charge is 0.424 e. The van der Waals surface area contributed by atoms with Crippen LogP contribution >= 0.6 is 0 Å². The molecule has 2 saturated heterocycles. The molecular formula is C26H30N2O5S. The normalized spacial score (nSPS) is 25.8. The number of benzene rings is 2. The Labute approximate surface area is 201 Å². The fraction of sp³-hybridized carbons (Fsp3) is 0.462. The van der Waals surface area contributed by atoms with Gasteiger partial charge in [0, 0.05) is 6.42 Å². The van der Waals surface area contributed by atoms with Crippen LogP contribution in [0.1, 0.15) is 56.7 Å². The lowest BCUT2D eigenvalue weighted by molar-refractivity contribution is -0.0827. The van der Waals surface area contributed by atoms with Crippen molar-refractivity contribution < 1.29 is 22.7 Å². The maximum atomic E-state index is 13.5. The number of carbonyl (C=O) groups excluding carboxylic acids is 1. The highest BCUT2D eigenvalue weighted by molar-refractivity contribution is 7.89. The molecule has 0 radical (unpaired) electrons. The third kappa shape index (κ3) is 4.30. The Morgan fingerprint density at radius 2 is 1.82 bits per heavy atom. The molecule has 0 spiro atoms. The fourth-order valence-corrected chi connectivity index (χ4v) is 6.14. The van der Waals surface area contributed by atoms with E-state index < -0.39 is 27.8 Å². The molecule has 8 heteroatoms. The Bertz CT molecular complexity index is 1220. The number of hydrogen-bond donors (Lipinski definition) is 0. The van der Waals surface area contributed by atoms with Crippen LogP contribution in [0.4, 0.5) is 4.79 Å². The van der Waals surface area contributed by atoms with Crippen molar-refractivity contribution in [3.05, 3.63) is 65.2 Å². The van der Waals surface area contributed by atoms with Crippen LogP contribution in [0.25, 0.3) is 0 Å². The lowest BCUT2D eigenvalue weighted by Crippen LogP contribution is -2.44. The number of ether oxygens (including phenoxy) is 2. The molecule has 2 heterocycles. The van der Waals surface area contributed by atoms with Gasteiger partial charge in [0.05, 0.1) is 28.7 Å². The molecule has 2 bridgehead atoms. The van der Waals surface area contributed by atoms with Crippen LogP contribution < -0.4 is 0 Å². The topological polar surface area (TPSA) is 96.7 Å². The Morgan fingerprint density at radius 1 is 1.18 bits per heavy atom. The maximum absolute atomic E-state index is 13.5. The second kappa shape index (κ2) is 8.71. The number of aryl methyl sites for hydroxylation is 1. The summed E-state index contributed by atoms with van der Waals surface area (Å²) < 4.78 is 40.1. The van der Waals surface area contributed by atoms with Crippen molar-refractivity contribution >= 4 is 16.1 Å². The number of rotatable bonds is 6. The second-order valence-electron chi connectivity index (χ2n) is 9.84. The number of hydrogen-bond acceptors (Lipinski definition) is 6. The quantitative estimate of drug-likeness (QED) is 0.579. The van der Waals surface area contributed by atoms with Crippen molar-refractivity contribution in [1.82, 2.24) is 4.31 Å². The molecule has 2 fully saturated rings. The monoisotopic (exact) mass is 482 g/mol. The number of nitriles is 1. The first-order chi connectivity index (χ1) is 16.0. The molecule has 0 saturated carbocycles. The summed E-state index contributed by atoms with van der Waals surface area (Å²) in [6.07, 6.45) is 0.733. The Kier molecular flexibility index (Phi) is 6.21. The van der Waals surface area contributed by atoms with Gasteiger partial charge in [0.15, 0.2) is 0 Å². The summed E-state index contributed by atoms with van der Waals surface area (Å²) in [7, 11) is -4.18. The third-order valence-electron chi connectivity index (χ3n) is 7.21. The predicted molar refractivity (Wildman–Crippen MR) is 126 cm³/mol. The van der Waals surface area contributed by atoms with Crippen molar-refractivity contribution in [2.45, 2.75) is 75.7 Å². The highest BCUT2D eigenvalue weighted by Crippen LogP contribution is 2.55. The molecule has 0 aliphatic carbocycles. The molecule has 0 unspecified atom stereocenters. The van der Waals surface area contributed by atoms with Crippen LogP contribution in [0.15, 0.2) is 53.4 Å². The minimum Gasteiger partial charge on any atom is -0.442 e. The molecule has 2 aliphatic rings. The van der Waals surface area contributed by atoms with Crippen LogP contribution in [-0.4, -0.2) is 36.1 Å². The SMILES string of the molecule is Cc1ccc(S(=O)(=O)N(Cc2ccc(C#N)cc2)C(=O)O[C@@H]2C[C@@]3(C(C)C)CC[C@@]2(C)O3)cc1. The van der Waals surface area contributed by atoms with Crippen molar-refractivity contribution in [3.63, 3.8) is 0 Å². The lowest BCUT2D eigenvalue weighted by atomic mass is 9.75. The molecule has 0 aromatic heterocycles. The van der Waals surface area contributed by atoms with E-state index in [-0.39, 0.29) is 23.0 Å². The summed E-state index contributed by atoms with van der Waals surface area (Å²) in [5.41, 5.74) is 0.943. The average Bonchev–Trinajstić information content (AvgIpc) is 3.30. The highest BCUT2D eigenvalue weighted by atomic mass is 32.2. The number of carbonyl (C=O) groups is 1. The Hall–Kier alpha value is -2.89. The largest absolute Gasteiger partial charge is 0.442 e. The molecule has 2 aliphatic heterocycles. The molecule has 0 N–H and O–H groups in total. The van der Waals surface area contributed by atoms with Gasteiger partial charge in [0.25, 0.3) is 10.0 Å². The summed E-state index contributed by atoms with van der Waals surface area (Å²) in [5, 5.41) is 9.05. The van der Waals surface area contributed by atoms with Crippen molar-refractivity contribution in [1.29, 1.82) is 5.26 Å². The zero-order valence-electron chi connectivity index (χ0n) is 19.9. The summed E-state index contributed by atoms with van der Waals surface area (Å²) in [6.45, 7) is 7.77. The first-order valence-corrected chi connectivity index (χ1v) is 12.9. The summed E-state index contributed by atoms with van der Waals surface area (Å²) in [5.74, 6) is 0.254. The molecule has 7 nitrogen and oxygen atoms in total. The summed E-state index contributed by atoms with van der Waals surface area (Å²) in [4.78, 5) is 13.4. The zero-order chi connectivity index (χ0) is 24.7. The van der Waals surface area contributed by atoms with Crippen LogP contribution in [0.5, 0.6) is 0 Å². The van der Waals surface area contributed by atoms with Crippen molar-refractivity contribution in [2.24, 2.45) is 5.92 Å². The molecule has 34 heavy (non-hydrogen) atoms. The van der Waals surface area contributed by atoms with E-state index in [4.69, 9.17) is 14.7 Å². The van der Waals surface area contributed by atoms with Gasteiger partial charge in [-0.3, -0.25) is 0 Å². The lowest BCUT2D eigenvalue weighted by Gasteiger charge is -2.32. The van der Waals surface area contributed by atoms with Gasteiger partial charge >= 0.3 is 6.09 Å². The Morgan fingerprint density at radius 3 is 2.38 bits per heavy atom. The van der Waals surface area contributed by atoms with Gasteiger partial charge in [-0.15, -0.1) is 0 Å². The van der Waals surface area contributed by atoms with Gasteiger partial charge in [-0.1, -0.05) is 43.7 Å². The van der Waals surface area contributed by atoms with E-state index >= 15 is 0 Å². The van der Waals surface area contributed by atoms with Crippen LogP contribution in [0, 0.1) is 24.2 Å². The average molecular weight is 483 g/mol. The second-order valence-corrected chi connectivity index (χ2v) is 11.7. The molecule has 2 aromatic rings. The van der Waals surface area contributed by atoms with E-state index in [0.717, 1.165) is 22.7 Å². The van der Waals surface area contributed by atoms with Crippen molar-refractivity contribution in [2.75, 3.05) is 0 Å². The molecule has 2 aromatic carbocycles. The van der Waals surface area contributed by atoms with Crippen molar-refractivity contribution in [3.8, 4) is 6.07 Å². The minimum atomic E-state index is -4.18. The first-order valence-electron chi connectivity index (χ1n) is 11.5. The van der Waals surface area contributed by atoms with Crippen LogP contribution in [0.3, 0.4) is 0 Å². The predicted octanol–water partition coefficient (Wildman–Crippen LogP) is 4.93. The van der Waals surface area contributed by atoms with E-state index in [1.54, 1.807) is 36.4 Å². The van der Waals surface area contributed by atoms with E-state index in [0.29, 0.717) is 17.5 Å². The minimum absolute atomic E-state index is 0.0118. The van der Waals surface area contributed by atoms with Gasteiger partial charge < -0.3 is 9.47 Å². The number of sulfonamides is 1. The highest BCUT2D eigenvalue weighted by Gasteiger charge is 2.62. The van der Waals surface area contributed by atoms with Gasteiger partial charge in [-0.2, -0.15) is 9.57 Å². The van der Waals surface area contributed by atoms with E-state index in [1.807, 2.05) is 19.9 Å². The van der Waals surface area contributed by atoms with Crippen LogP contribution in [-0.2, 0) is 26.0 Å². The standard InChI is InChI=1S/C26H30N2O5S/c1-18(2)26-14-13-25(4,33-26)23(15-26)32-24(29)28(17-21-9-7-20(16-27)8-10-21)34(30,31)22-11-5-19(3)6-12-22/h5-12,18,23H,13-15,17H2,1-4H3/t23-,25-,26-/m1/s1. The molecular weight excluding hydrogens is 452 g/mol. The third-order valence-corrected chi connectivity index (χ3v) is 8.94. The molecule has 4 rings (SSSR count). The van der Waals surface area contributed by atoms with E-state index in [9.17, 15) is 13.2 Å². The van der Waals surface area contributed by atoms with E-state index in [1.165, 1.54) is 12.1 Å². The van der Waals surface area contributed by atoms with E-state index in [2.05, 4.69) is 13.8 Å². The molecule has 180 valence electrons. The van der Waals surface area contributed by atoms with Gasteiger partial charge in [-0.25, -0.2) is 13.2 Å². The number of nitrogens with zero attached hydrogens (tertiary/aromatic N) is 2. The summed E-state index contributed by atoms with van der Waals surface area (Å²) >= 11 is 0. The summed E-state index contributed by atoms with van der Waals surface area (Å²) in [6, 6.07) is 14.8. The maximum Gasteiger partial charge on any atom is 0.424 e. The number of fused-ring (bicyclic) bond motifs is 2. The molecule has 3 atom stereocenters. The van der Waals surface area contributed by atoms with Gasteiger partial charge in [0.1, 0.15) is 11.7 Å². The van der Waals surface area contributed by atoms with Crippen LogP contribution in [0.2, 0.25) is 0 Å².